The first kappa shape index (κ1) is 26.2. The van der Waals surface area contributed by atoms with E-state index in [1.54, 1.807) is 0 Å². The maximum Gasteiger partial charge on any atom is 0.428 e. The fourth-order valence-electron chi connectivity index (χ4n) is 4.03. The van der Waals surface area contributed by atoms with E-state index in [2.05, 4.69) is 10.3 Å². The zero-order valence-corrected chi connectivity index (χ0v) is 20.7. The predicted octanol–water partition coefficient (Wildman–Crippen LogP) is 4.04. The molecule has 4 rings (SSSR count). The number of aliphatic hydroxyl groups is 1. The van der Waals surface area contributed by atoms with Crippen LogP contribution in [-0.4, -0.2) is 48.5 Å². The number of carbonyl (C=O) groups is 1. The number of nitrogens with zero attached hydrogens (tertiary/aromatic N) is 2. The quantitative estimate of drug-likeness (QED) is 0.387. The number of fused-ring (bicyclic) bond motifs is 1. The molecule has 3 aromatic carbocycles. The zero-order chi connectivity index (χ0) is 27.2. The Morgan fingerprint density at radius 3 is 2.32 bits per heavy atom. The van der Waals surface area contributed by atoms with Gasteiger partial charge in [0.15, 0.2) is 15.7 Å². The summed E-state index contributed by atoms with van der Waals surface area (Å²) in [7, 11) is -0.924. The lowest BCUT2D eigenvalue weighted by Crippen LogP contribution is -2.45. The minimum atomic E-state index is -5.12. The van der Waals surface area contributed by atoms with Gasteiger partial charge in [-0.3, -0.25) is 4.79 Å². The number of anilines is 1. The number of aromatic nitrogens is 2. The smallest absolute Gasteiger partial charge is 0.428 e. The van der Waals surface area contributed by atoms with Gasteiger partial charge in [-0.25, -0.2) is 13.4 Å². The molecular formula is C25H22F3N3O5S. The zero-order valence-electron chi connectivity index (χ0n) is 19.9. The number of alkyl halides is 3. The van der Waals surface area contributed by atoms with Gasteiger partial charge in [-0.05, 0) is 30.3 Å². The van der Waals surface area contributed by atoms with Gasteiger partial charge in [0.2, 0.25) is 5.60 Å². The summed E-state index contributed by atoms with van der Waals surface area (Å²) in [6, 6.07) is 14.8. The van der Waals surface area contributed by atoms with Gasteiger partial charge in [-0.15, -0.1) is 0 Å². The fraction of sp³-hybridized carbons (Fsp3) is 0.200. The third-order valence-corrected chi connectivity index (χ3v) is 6.97. The van der Waals surface area contributed by atoms with Crippen LogP contribution in [0.25, 0.3) is 11.0 Å². The number of imidazole rings is 1. The van der Waals surface area contributed by atoms with Gasteiger partial charge in [-0.1, -0.05) is 36.4 Å². The van der Waals surface area contributed by atoms with Crippen LogP contribution >= 0.6 is 0 Å². The van der Waals surface area contributed by atoms with E-state index in [1.165, 1.54) is 68.8 Å². The van der Waals surface area contributed by atoms with Crippen molar-refractivity contribution in [1.82, 2.24) is 9.55 Å². The first-order chi connectivity index (χ1) is 17.3. The monoisotopic (exact) mass is 533 g/mol. The number of hydrogen-bond acceptors (Lipinski definition) is 6. The van der Waals surface area contributed by atoms with E-state index in [1.807, 2.05) is 0 Å². The number of sulfone groups is 1. The van der Waals surface area contributed by atoms with Crippen molar-refractivity contribution in [2.75, 3.05) is 18.7 Å². The van der Waals surface area contributed by atoms with E-state index in [0.29, 0.717) is 0 Å². The number of halogens is 3. The SMILES string of the molecule is COc1cc(C(=O)Nc2cccc(S(C)(=O)=O)c2)cc2nc(C(O)(c3ccccc3)C(F)(F)F)n(C)c12. The second kappa shape index (κ2) is 9.20. The highest BCUT2D eigenvalue weighted by Crippen LogP contribution is 2.45. The van der Waals surface area contributed by atoms with Crippen LogP contribution in [0.15, 0.2) is 71.6 Å². The third-order valence-electron chi connectivity index (χ3n) is 5.86. The molecule has 0 spiro atoms. The number of aryl methyl sites for hydroxylation is 1. The van der Waals surface area contributed by atoms with E-state index in [0.717, 1.165) is 23.0 Å². The predicted molar refractivity (Wildman–Crippen MR) is 130 cm³/mol. The van der Waals surface area contributed by atoms with Crippen molar-refractivity contribution in [1.29, 1.82) is 0 Å². The van der Waals surface area contributed by atoms with Crippen LogP contribution in [0.5, 0.6) is 5.75 Å². The Hall–Kier alpha value is -3.90. The molecule has 1 atom stereocenters. The van der Waals surface area contributed by atoms with E-state index in [4.69, 9.17) is 4.74 Å². The summed E-state index contributed by atoms with van der Waals surface area (Å²) < 4.78 is 72.9. The topological polar surface area (TPSA) is 111 Å². The lowest BCUT2D eigenvalue weighted by Gasteiger charge is -2.30. The van der Waals surface area contributed by atoms with E-state index < -0.39 is 38.9 Å². The van der Waals surface area contributed by atoms with Crippen molar-refractivity contribution in [3.05, 3.63) is 83.7 Å². The molecule has 0 saturated heterocycles. The third kappa shape index (κ3) is 4.65. The summed E-state index contributed by atoms with van der Waals surface area (Å²) in [4.78, 5) is 17.1. The summed E-state index contributed by atoms with van der Waals surface area (Å²) in [5.41, 5.74) is -3.57. The molecule has 0 bridgehead atoms. The standard InChI is InChI=1S/C25H22F3N3O5S/c1-31-21-19(30-23(31)24(33,25(26,27)28)16-8-5-4-6-9-16)12-15(13-20(21)36-2)22(32)29-17-10-7-11-18(14-17)37(3,34)35/h4-14,33H,1-3H3,(H,29,32). The molecule has 37 heavy (non-hydrogen) atoms. The second-order valence-corrected chi connectivity index (χ2v) is 10.4. The summed E-state index contributed by atoms with van der Waals surface area (Å²) in [5, 5.41) is 13.6. The average Bonchev–Trinajstić information content (AvgIpc) is 3.19. The minimum Gasteiger partial charge on any atom is -0.494 e. The Labute approximate surface area is 210 Å². The van der Waals surface area contributed by atoms with E-state index in [9.17, 15) is 31.5 Å². The van der Waals surface area contributed by atoms with Gasteiger partial charge in [-0.2, -0.15) is 13.2 Å². The summed E-state index contributed by atoms with van der Waals surface area (Å²) in [5.74, 6) is -1.34. The Balaban J connectivity index is 1.83. The van der Waals surface area contributed by atoms with Gasteiger partial charge in [0.05, 0.1) is 17.5 Å². The van der Waals surface area contributed by atoms with Crippen molar-refractivity contribution < 1.29 is 36.2 Å². The van der Waals surface area contributed by atoms with Crippen molar-refractivity contribution >= 4 is 32.5 Å². The minimum absolute atomic E-state index is 0.0000451. The van der Waals surface area contributed by atoms with Crippen LogP contribution < -0.4 is 10.1 Å². The molecular weight excluding hydrogens is 511 g/mol. The summed E-state index contributed by atoms with van der Waals surface area (Å²) >= 11 is 0. The largest absolute Gasteiger partial charge is 0.494 e. The van der Waals surface area contributed by atoms with Gasteiger partial charge in [0.1, 0.15) is 11.3 Å². The molecule has 2 N–H and O–H groups in total. The molecule has 1 heterocycles. The normalized spacial score (nSPS) is 13.8. The number of amides is 1. The first-order valence-corrected chi connectivity index (χ1v) is 12.7. The van der Waals surface area contributed by atoms with Crippen LogP contribution in [0.3, 0.4) is 0 Å². The Morgan fingerprint density at radius 2 is 1.73 bits per heavy atom. The molecule has 0 aliphatic carbocycles. The lowest BCUT2D eigenvalue weighted by molar-refractivity contribution is -0.251. The van der Waals surface area contributed by atoms with Crippen LogP contribution in [0.4, 0.5) is 18.9 Å². The maximum atomic E-state index is 14.3. The molecule has 12 heteroatoms. The lowest BCUT2D eigenvalue weighted by atomic mass is 9.92. The molecule has 4 aromatic rings. The highest BCUT2D eigenvalue weighted by Gasteiger charge is 2.59. The second-order valence-electron chi connectivity index (χ2n) is 8.37. The van der Waals surface area contributed by atoms with Crippen molar-refractivity contribution in [3.63, 3.8) is 0 Å². The highest BCUT2D eigenvalue weighted by atomic mass is 32.2. The van der Waals surface area contributed by atoms with Crippen molar-refractivity contribution in [2.45, 2.75) is 16.7 Å². The maximum absolute atomic E-state index is 14.3. The van der Waals surface area contributed by atoms with Crippen molar-refractivity contribution in [2.24, 2.45) is 7.05 Å². The van der Waals surface area contributed by atoms with E-state index in [-0.39, 0.29) is 32.9 Å². The van der Waals surface area contributed by atoms with Gasteiger partial charge >= 0.3 is 6.18 Å². The number of rotatable bonds is 6. The molecule has 8 nitrogen and oxygen atoms in total. The van der Waals surface area contributed by atoms with E-state index >= 15 is 0 Å². The highest BCUT2D eigenvalue weighted by molar-refractivity contribution is 7.90. The number of benzene rings is 3. The van der Waals surface area contributed by atoms with Gasteiger partial charge in [0.25, 0.3) is 5.91 Å². The molecule has 194 valence electrons. The number of methoxy groups -OCH3 is 1. The Bertz CT molecular complexity index is 1600. The molecule has 1 unspecified atom stereocenters. The summed E-state index contributed by atoms with van der Waals surface area (Å²) in [6.45, 7) is 0. The van der Waals surface area contributed by atoms with Gasteiger partial charge in [0, 0.05) is 30.1 Å². The summed E-state index contributed by atoms with van der Waals surface area (Å²) in [6.07, 6.45) is -4.09. The number of ether oxygens (including phenoxy) is 1. The Morgan fingerprint density at radius 1 is 1.05 bits per heavy atom. The molecule has 1 aromatic heterocycles. The number of hydrogen-bond donors (Lipinski definition) is 2. The molecule has 0 radical (unpaired) electrons. The van der Waals surface area contributed by atoms with Crippen LogP contribution in [-0.2, 0) is 22.5 Å². The molecule has 0 fully saturated rings. The number of carbonyl (C=O) groups excluding carboxylic acids is 1. The molecule has 1 amide bonds. The van der Waals surface area contributed by atoms with Gasteiger partial charge < -0.3 is 19.7 Å². The van der Waals surface area contributed by atoms with Crippen molar-refractivity contribution in [3.8, 4) is 5.75 Å². The Kier molecular flexibility index (Phi) is 6.51. The van der Waals surface area contributed by atoms with Crippen LogP contribution in [0, 0.1) is 0 Å². The molecule has 0 saturated carbocycles. The van der Waals surface area contributed by atoms with Crippen LogP contribution in [0.2, 0.25) is 0 Å². The fourth-order valence-corrected chi connectivity index (χ4v) is 4.69. The van der Waals surface area contributed by atoms with Crippen LogP contribution in [0.1, 0.15) is 21.7 Å². The molecule has 0 aliphatic heterocycles. The number of nitrogens with one attached hydrogen (secondary N) is 1. The first-order valence-electron chi connectivity index (χ1n) is 10.8. The average molecular weight is 534 g/mol. The molecule has 0 aliphatic rings.